The molecule has 6 nitrogen and oxygen atoms in total. The fourth-order valence-corrected chi connectivity index (χ4v) is 3.64. The minimum atomic E-state index is -3.03. The molecule has 1 aliphatic rings. The number of rotatable bonds is 3. The highest BCUT2D eigenvalue weighted by atomic mass is 32.2. The highest BCUT2D eigenvalue weighted by Gasteiger charge is 2.25. The second kappa shape index (κ2) is 5.94. The smallest absolute Gasteiger partial charge is 0.251 e. The summed E-state index contributed by atoms with van der Waals surface area (Å²) in [6.45, 7) is 0. The lowest BCUT2D eigenvalue weighted by molar-refractivity contribution is 0.0933. The van der Waals surface area contributed by atoms with Gasteiger partial charge in [-0.1, -0.05) is 0 Å². The van der Waals surface area contributed by atoms with Gasteiger partial charge in [-0.2, -0.15) is 0 Å². The summed E-state index contributed by atoms with van der Waals surface area (Å²) in [6, 6.07) is 1.42. The van der Waals surface area contributed by atoms with E-state index in [0.29, 0.717) is 12.8 Å². The van der Waals surface area contributed by atoms with Crippen molar-refractivity contribution >= 4 is 21.4 Å². The Hall–Kier alpha value is -1.74. The van der Waals surface area contributed by atoms with Crippen LogP contribution >= 0.6 is 0 Å². The van der Waals surface area contributed by atoms with Gasteiger partial charge in [0.25, 0.3) is 5.91 Å². The molecular formula is C12H15F2N3O3S. The fraction of sp³-hybridized carbons (Fsp3) is 0.417. The van der Waals surface area contributed by atoms with Crippen LogP contribution in [0, 0.1) is 11.6 Å². The van der Waals surface area contributed by atoms with Crippen LogP contribution in [-0.4, -0.2) is 31.9 Å². The minimum Gasteiger partial charge on any atom is -0.349 e. The molecule has 1 amide bonds. The fourth-order valence-electron chi connectivity index (χ4n) is 2.15. The quantitative estimate of drug-likeness (QED) is 0.558. The molecule has 9 heteroatoms. The van der Waals surface area contributed by atoms with Crippen LogP contribution in [0.25, 0.3) is 0 Å². The van der Waals surface area contributed by atoms with Gasteiger partial charge < -0.3 is 10.7 Å². The van der Waals surface area contributed by atoms with Crippen molar-refractivity contribution in [3.8, 4) is 0 Å². The summed E-state index contributed by atoms with van der Waals surface area (Å²) >= 11 is 0. The third-order valence-corrected chi connectivity index (χ3v) is 5.05. The number of sulfone groups is 1. The molecule has 1 aromatic rings. The van der Waals surface area contributed by atoms with Crippen LogP contribution in [0.15, 0.2) is 12.1 Å². The van der Waals surface area contributed by atoms with Crippen LogP contribution in [0.2, 0.25) is 0 Å². The molecule has 2 rings (SSSR count). The van der Waals surface area contributed by atoms with Crippen LogP contribution in [0.5, 0.6) is 0 Å². The molecule has 0 spiro atoms. The van der Waals surface area contributed by atoms with E-state index in [2.05, 4.69) is 5.32 Å². The summed E-state index contributed by atoms with van der Waals surface area (Å²) in [5, 5.41) is 2.58. The van der Waals surface area contributed by atoms with Gasteiger partial charge in [0.05, 0.1) is 11.5 Å². The maximum atomic E-state index is 13.5. The predicted molar refractivity (Wildman–Crippen MR) is 73.3 cm³/mol. The molecular weight excluding hydrogens is 304 g/mol. The number of nitrogens with one attached hydrogen (secondary N) is 2. The van der Waals surface area contributed by atoms with Gasteiger partial charge in [-0.15, -0.1) is 0 Å². The van der Waals surface area contributed by atoms with E-state index in [0.717, 1.165) is 12.1 Å². The van der Waals surface area contributed by atoms with Gasteiger partial charge in [0.1, 0.15) is 15.5 Å². The van der Waals surface area contributed by atoms with Crippen molar-refractivity contribution in [2.75, 3.05) is 16.9 Å². The molecule has 1 aromatic carbocycles. The molecule has 0 unspecified atom stereocenters. The third kappa shape index (κ3) is 3.67. The molecule has 0 saturated carbocycles. The molecule has 1 fully saturated rings. The van der Waals surface area contributed by atoms with E-state index in [1.807, 2.05) is 5.43 Å². The zero-order chi connectivity index (χ0) is 15.6. The molecule has 0 atom stereocenters. The SMILES string of the molecule is NNc1c(F)cc(C(=O)NC2CCS(=O)(=O)CC2)cc1F. The van der Waals surface area contributed by atoms with Crippen molar-refractivity contribution in [1.82, 2.24) is 5.32 Å². The second-order valence-corrected chi connectivity index (χ2v) is 7.16. The van der Waals surface area contributed by atoms with Crippen LogP contribution in [0.4, 0.5) is 14.5 Å². The maximum Gasteiger partial charge on any atom is 0.251 e. The van der Waals surface area contributed by atoms with E-state index in [1.54, 1.807) is 0 Å². The van der Waals surface area contributed by atoms with Gasteiger partial charge in [-0.05, 0) is 25.0 Å². The van der Waals surface area contributed by atoms with E-state index in [1.165, 1.54) is 0 Å². The first-order valence-electron chi connectivity index (χ1n) is 6.29. The first-order valence-corrected chi connectivity index (χ1v) is 8.11. The molecule has 0 bridgehead atoms. The van der Waals surface area contributed by atoms with Crippen molar-refractivity contribution in [2.45, 2.75) is 18.9 Å². The van der Waals surface area contributed by atoms with E-state index in [4.69, 9.17) is 5.84 Å². The summed E-state index contributed by atoms with van der Waals surface area (Å²) in [5.74, 6) is 2.35. The van der Waals surface area contributed by atoms with Gasteiger partial charge in [-0.3, -0.25) is 10.6 Å². The molecule has 1 heterocycles. The first-order chi connectivity index (χ1) is 9.82. The average molecular weight is 319 g/mol. The molecule has 0 radical (unpaired) electrons. The Kier molecular flexibility index (Phi) is 4.43. The number of nitrogens with two attached hydrogens (primary N) is 1. The zero-order valence-electron chi connectivity index (χ0n) is 11.0. The number of hydrazine groups is 1. The predicted octanol–water partition coefficient (Wildman–Crippen LogP) is 0.557. The van der Waals surface area contributed by atoms with Gasteiger partial charge in [0.15, 0.2) is 11.6 Å². The molecule has 0 aliphatic carbocycles. The van der Waals surface area contributed by atoms with Crippen molar-refractivity contribution in [3.05, 3.63) is 29.3 Å². The number of nitrogen functional groups attached to an aromatic ring is 1. The zero-order valence-corrected chi connectivity index (χ0v) is 11.8. The number of anilines is 1. The summed E-state index contributed by atoms with van der Waals surface area (Å²) in [5.41, 5.74) is 1.17. The number of hydrogen-bond acceptors (Lipinski definition) is 5. The Morgan fingerprint density at radius 1 is 1.19 bits per heavy atom. The van der Waals surface area contributed by atoms with Crippen LogP contribution in [0.1, 0.15) is 23.2 Å². The van der Waals surface area contributed by atoms with Crippen molar-refractivity contribution in [1.29, 1.82) is 0 Å². The largest absolute Gasteiger partial charge is 0.349 e. The number of carbonyl (C=O) groups is 1. The summed E-state index contributed by atoms with van der Waals surface area (Å²) < 4.78 is 49.6. The van der Waals surface area contributed by atoms with E-state index in [9.17, 15) is 22.0 Å². The Balaban J connectivity index is 2.08. The Morgan fingerprint density at radius 2 is 1.71 bits per heavy atom. The van der Waals surface area contributed by atoms with Crippen molar-refractivity contribution in [3.63, 3.8) is 0 Å². The lowest BCUT2D eigenvalue weighted by Crippen LogP contribution is -2.40. The summed E-state index contributed by atoms with van der Waals surface area (Å²) in [6.07, 6.45) is 0.586. The molecule has 1 saturated heterocycles. The second-order valence-electron chi connectivity index (χ2n) is 4.86. The molecule has 4 N–H and O–H groups in total. The topological polar surface area (TPSA) is 101 Å². The number of carbonyl (C=O) groups excluding carboxylic acids is 1. The van der Waals surface area contributed by atoms with E-state index < -0.39 is 33.1 Å². The molecule has 21 heavy (non-hydrogen) atoms. The van der Waals surface area contributed by atoms with Gasteiger partial charge in [-0.25, -0.2) is 17.2 Å². The van der Waals surface area contributed by atoms with Gasteiger partial charge in [0, 0.05) is 11.6 Å². The third-order valence-electron chi connectivity index (χ3n) is 3.34. The van der Waals surface area contributed by atoms with Crippen molar-refractivity contribution in [2.24, 2.45) is 5.84 Å². The van der Waals surface area contributed by atoms with Crippen LogP contribution in [0.3, 0.4) is 0 Å². The standard InChI is InChI=1S/C12H15F2N3O3S/c13-9-5-7(6-10(14)11(9)17-15)12(18)16-8-1-3-21(19,20)4-2-8/h5-6,8,17H,1-4,15H2,(H,16,18). The molecule has 0 aromatic heterocycles. The summed E-state index contributed by atoms with van der Waals surface area (Å²) in [7, 11) is -3.03. The summed E-state index contributed by atoms with van der Waals surface area (Å²) in [4.78, 5) is 11.9. The van der Waals surface area contributed by atoms with Crippen LogP contribution < -0.4 is 16.6 Å². The minimum absolute atomic E-state index is 0.00327. The Bertz CT molecular complexity index is 627. The number of hydrogen-bond donors (Lipinski definition) is 3. The highest BCUT2D eigenvalue weighted by molar-refractivity contribution is 7.91. The normalized spacial score (nSPS) is 18.2. The molecule has 116 valence electrons. The number of halogens is 2. The van der Waals surface area contributed by atoms with E-state index >= 15 is 0 Å². The lowest BCUT2D eigenvalue weighted by atomic mass is 10.1. The lowest BCUT2D eigenvalue weighted by Gasteiger charge is -2.23. The van der Waals surface area contributed by atoms with Gasteiger partial charge in [0.2, 0.25) is 0 Å². The monoisotopic (exact) mass is 319 g/mol. The van der Waals surface area contributed by atoms with Gasteiger partial charge >= 0.3 is 0 Å². The number of amides is 1. The molecule has 1 aliphatic heterocycles. The number of benzene rings is 1. The van der Waals surface area contributed by atoms with Crippen LogP contribution in [-0.2, 0) is 9.84 Å². The van der Waals surface area contributed by atoms with E-state index in [-0.39, 0.29) is 23.1 Å². The maximum absolute atomic E-state index is 13.5. The Labute approximate surface area is 120 Å². The Morgan fingerprint density at radius 3 is 2.19 bits per heavy atom. The average Bonchev–Trinajstić information content (AvgIpc) is 2.40. The van der Waals surface area contributed by atoms with Crippen molar-refractivity contribution < 1.29 is 22.0 Å². The first kappa shape index (κ1) is 15.6. The highest BCUT2D eigenvalue weighted by Crippen LogP contribution is 2.20.